The number of aromatic nitrogens is 1. The maximum Gasteiger partial charge on any atom is 0.247 e. The first kappa shape index (κ1) is 27.9. The third kappa shape index (κ3) is 5.61. The summed E-state index contributed by atoms with van der Waals surface area (Å²) in [4.78, 5) is 21.7. The Bertz CT molecular complexity index is 1580. The SMILES string of the molecule is CC(C)N(CCOc1ccc(/C=C/C(=O)N2CCc3c([nH]c4ccccc34)C2c2ccc3c(c2)OCO3)cc1)C(C)C. The van der Waals surface area contributed by atoms with Crippen LogP contribution >= 0.6 is 0 Å². The molecule has 6 rings (SSSR count). The molecule has 1 N–H and O–H groups in total. The molecule has 0 fully saturated rings. The second kappa shape index (κ2) is 11.9. The molecule has 3 aromatic carbocycles. The zero-order chi connectivity index (χ0) is 29.2. The van der Waals surface area contributed by atoms with Crippen molar-refractivity contribution in [3.8, 4) is 17.2 Å². The van der Waals surface area contributed by atoms with Crippen molar-refractivity contribution in [3.05, 3.63) is 95.2 Å². The molecule has 1 unspecified atom stereocenters. The van der Waals surface area contributed by atoms with Gasteiger partial charge in [-0.1, -0.05) is 36.4 Å². The molecule has 7 heteroatoms. The first-order valence-corrected chi connectivity index (χ1v) is 14.9. The molecule has 0 bridgehead atoms. The summed E-state index contributed by atoms with van der Waals surface area (Å²) in [7, 11) is 0. The van der Waals surface area contributed by atoms with E-state index in [9.17, 15) is 4.79 Å². The molecule has 7 nitrogen and oxygen atoms in total. The van der Waals surface area contributed by atoms with Crippen molar-refractivity contribution in [2.45, 2.75) is 52.2 Å². The quantitative estimate of drug-likeness (QED) is 0.232. The lowest BCUT2D eigenvalue weighted by Gasteiger charge is -2.35. The zero-order valence-corrected chi connectivity index (χ0v) is 24.8. The van der Waals surface area contributed by atoms with Crippen molar-refractivity contribution < 1.29 is 19.0 Å². The van der Waals surface area contributed by atoms with E-state index >= 15 is 0 Å². The number of fused-ring (bicyclic) bond motifs is 4. The number of hydrogen-bond donors (Lipinski definition) is 1. The van der Waals surface area contributed by atoms with Crippen LogP contribution in [0.25, 0.3) is 17.0 Å². The van der Waals surface area contributed by atoms with Crippen LogP contribution in [0.2, 0.25) is 0 Å². The monoisotopic (exact) mass is 565 g/mol. The van der Waals surface area contributed by atoms with Gasteiger partial charge in [-0.15, -0.1) is 0 Å². The molecule has 0 saturated heterocycles. The highest BCUT2D eigenvalue weighted by molar-refractivity contribution is 5.93. The zero-order valence-electron chi connectivity index (χ0n) is 24.8. The molecular formula is C35H39N3O4. The molecule has 42 heavy (non-hydrogen) atoms. The predicted molar refractivity (Wildman–Crippen MR) is 166 cm³/mol. The van der Waals surface area contributed by atoms with E-state index in [0.29, 0.717) is 31.0 Å². The Morgan fingerprint density at radius 1 is 1.02 bits per heavy atom. The van der Waals surface area contributed by atoms with Crippen LogP contribution in [0, 0.1) is 0 Å². The molecule has 3 heterocycles. The Hall–Kier alpha value is -4.23. The van der Waals surface area contributed by atoms with Crippen LogP contribution in [0.4, 0.5) is 0 Å². The number of H-pyrrole nitrogens is 1. The standard InChI is InChI=1S/C35H39N3O4/c1-23(2)37(24(3)4)19-20-40-27-13-9-25(10-14-27)11-16-33(39)38-18-17-29-28-7-5-6-8-30(28)36-34(29)35(38)26-12-15-31-32(21-26)42-22-41-31/h5-16,21,23-24,35-36H,17-20,22H2,1-4H3/b16-11+. The number of hydrogen-bond acceptors (Lipinski definition) is 5. The highest BCUT2D eigenvalue weighted by atomic mass is 16.7. The van der Waals surface area contributed by atoms with Gasteiger partial charge in [0.2, 0.25) is 12.7 Å². The second-order valence-corrected chi connectivity index (χ2v) is 11.5. The van der Waals surface area contributed by atoms with E-state index in [-0.39, 0.29) is 18.7 Å². The predicted octanol–water partition coefficient (Wildman–Crippen LogP) is 6.58. The van der Waals surface area contributed by atoms with E-state index in [1.165, 1.54) is 10.9 Å². The number of para-hydroxylation sites is 1. The maximum atomic E-state index is 13.7. The fourth-order valence-electron chi connectivity index (χ4n) is 6.23. The Morgan fingerprint density at radius 2 is 1.79 bits per heavy atom. The minimum atomic E-state index is -0.264. The van der Waals surface area contributed by atoms with Gasteiger partial charge in [0.05, 0.1) is 6.04 Å². The summed E-state index contributed by atoms with van der Waals surface area (Å²) in [5.41, 5.74) is 5.34. The fraction of sp³-hybridized carbons (Fsp3) is 0.343. The number of carbonyl (C=O) groups is 1. The van der Waals surface area contributed by atoms with Crippen LogP contribution < -0.4 is 14.2 Å². The van der Waals surface area contributed by atoms with Gasteiger partial charge in [0.1, 0.15) is 12.4 Å². The molecule has 1 amide bonds. The lowest BCUT2D eigenvalue weighted by atomic mass is 9.92. The van der Waals surface area contributed by atoms with Gasteiger partial charge >= 0.3 is 0 Å². The molecule has 1 aromatic heterocycles. The summed E-state index contributed by atoms with van der Waals surface area (Å²) in [5.74, 6) is 2.23. The molecule has 1 atom stereocenters. The van der Waals surface area contributed by atoms with Crippen molar-refractivity contribution in [3.63, 3.8) is 0 Å². The summed E-state index contributed by atoms with van der Waals surface area (Å²) in [6.07, 6.45) is 4.34. The molecule has 4 aromatic rings. The van der Waals surface area contributed by atoms with E-state index in [1.54, 1.807) is 6.08 Å². The third-order valence-electron chi connectivity index (χ3n) is 8.27. The maximum absolute atomic E-state index is 13.7. The Morgan fingerprint density at radius 3 is 2.57 bits per heavy atom. The van der Waals surface area contributed by atoms with Crippen molar-refractivity contribution in [2.24, 2.45) is 0 Å². The van der Waals surface area contributed by atoms with Crippen LogP contribution in [-0.2, 0) is 11.2 Å². The van der Waals surface area contributed by atoms with Crippen molar-refractivity contribution in [1.82, 2.24) is 14.8 Å². The van der Waals surface area contributed by atoms with Crippen molar-refractivity contribution in [1.29, 1.82) is 0 Å². The largest absolute Gasteiger partial charge is 0.492 e. The molecular weight excluding hydrogens is 526 g/mol. The molecule has 2 aliphatic rings. The Labute approximate surface area is 247 Å². The summed E-state index contributed by atoms with van der Waals surface area (Å²) < 4.78 is 17.2. The lowest BCUT2D eigenvalue weighted by Crippen LogP contribution is -2.39. The van der Waals surface area contributed by atoms with Gasteiger partial charge in [0.15, 0.2) is 11.5 Å². The summed E-state index contributed by atoms with van der Waals surface area (Å²) >= 11 is 0. The van der Waals surface area contributed by atoms with Gasteiger partial charge in [-0.2, -0.15) is 0 Å². The van der Waals surface area contributed by atoms with Crippen LogP contribution in [-0.4, -0.2) is 59.3 Å². The van der Waals surface area contributed by atoms with Crippen molar-refractivity contribution in [2.75, 3.05) is 26.5 Å². The van der Waals surface area contributed by atoms with Crippen LogP contribution in [0.15, 0.2) is 72.8 Å². The number of carbonyl (C=O) groups excluding carboxylic acids is 1. The minimum absolute atomic E-state index is 0.0373. The summed E-state index contributed by atoms with van der Waals surface area (Å²) in [5, 5.41) is 1.21. The Kier molecular flexibility index (Phi) is 7.94. The van der Waals surface area contributed by atoms with E-state index in [0.717, 1.165) is 46.8 Å². The first-order chi connectivity index (χ1) is 20.4. The Balaban J connectivity index is 1.19. The summed E-state index contributed by atoms with van der Waals surface area (Å²) in [6.45, 7) is 11.2. The number of aromatic amines is 1. The number of nitrogens with one attached hydrogen (secondary N) is 1. The highest BCUT2D eigenvalue weighted by Gasteiger charge is 2.34. The van der Waals surface area contributed by atoms with Crippen LogP contribution in [0.3, 0.4) is 0 Å². The lowest BCUT2D eigenvalue weighted by molar-refractivity contribution is -0.128. The van der Waals surface area contributed by atoms with Gasteiger partial charge in [0, 0.05) is 47.8 Å². The molecule has 2 aliphatic heterocycles. The van der Waals surface area contributed by atoms with Crippen LogP contribution in [0.1, 0.15) is 56.1 Å². The van der Waals surface area contributed by atoms with Gasteiger partial charge in [-0.25, -0.2) is 0 Å². The van der Waals surface area contributed by atoms with Gasteiger partial charge in [-0.3, -0.25) is 9.69 Å². The summed E-state index contributed by atoms with van der Waals surface area (Å²) in [6, 6.07) is 22.9. The van der Waals surface area contributed by atoms with Gasteiger partial charge < -0.3 is 24.1 Å². The second-order valence-electron chi connectivity index (χ2n) is 11.5. The molecule has 0 spiro atoms. The van der Waals surface area contributed by atoms with E-state index in [4.69, 9.17) is 14.2 Å². The first-order valence-electron chi connectivity index (χ1n) is 14.9. The van der Waals surface area contributed by atoms with Gasteiger partial charge in [0.25, 0.3) is 0 Å². The molecule has 0 saturated carbocycles. The van der Waals surface area contributed by atoms with E-state index in [1.807, 2.05) is 59.5 Å². The smallest absolute Gasteiger partial charge is 0.247 e. The number of rotatable bonds is 9. The topological polar surface area (TPSA) is 67.0 Å². The third-order valence-corrected chi connectivity index (χ3v) is 8.27. The number of ether oxygens (including phenoxy) is 3. The molecule has 0 aliphatic carbocycles. The average molecular weight is 566 g/mol. The average Bonchev–Trinajstić information content (AvgIpc) is 3.62. The van der Waals surface area contributed by atoms with E-state index < -0.39 is 0 Å². The fourth-order valence-corrected chi connectivity index (χ4v) is 6.23. The normalized spacial score (nSPS) is 16.3. The van der Waals surface area contributed by atoms with Crippen molar-refractivity contribution >= 4 is 22.9 Å². The number of benzene rings is 3. The minimum Gasteiger partial charge on any atom is -0.492 e. The highest BCUT2D eigenvalue weighted by Crippen LogP contribution is 2.42. The van der Waals surface area contributed by atoms with Gasteiger partial charge in [-0.05, 0) is 87.2 Å². The van der Waals surface area contributed by atoms with Crippen LogP contribution in [0.5, 0.6) is 17.2 Å². The molecule has 0 radical (unpaired) electrons. The van der Waals surface area contributed by atoms with E-state index in [2.05, 4.69) is 55.8 Å². The number of amides is 1. The molecule has 218 valence electrons. The number of nitrogens with zero attached hydrogens (tertiary/aromatic N) is 2.